The predicted molar refractivity (Wildman–Crippen MR) is 94.6 cm³/mol. The largest absolute Gasteiger partial charge is 0.381 e. The number of rotatable bonds is 3. The van der Waals surface area contributed by atoms with Gasteiger partial charge in [-0.05, 0) is 66.2 Å². The van der Waals surface area contributed by atoms with Gasteiger partial charge < -0.3 is 10.6 Å². The van der Waals surface area contributed by atoms with Crippen molar-refractivity contribution in [3.8, 4) is 0 Å². The number of hydrogen-bond acceptors (Lipinski definition) is 2. The summed E-state index contributed by atoms with van der Waals surface area (Å²) in [5, 5.41) is 8.55. The van der Waals surface area contributed by atoms with Crippen LogP contribution in [0.15, 0.2) is 16.6 Å². The van der Waals surface area contributed by atoms with Crippen molar-refractivity contribution < 1.29 is 0 Å². The first kappa shape index (κ1) is 15.9. The summed E-state index contributed by atoms with van der Waals surface area (Å²) in [5.41, 5.74) is 0.958. The van der Waals surface area contributed by atoms with E-state index in [0.717, 1.165) is 10.2 Å². The molecule has 1 aromatic carbocycles. The first-order valence-electron chi connectivity index (χ1n) is 7.80. The zero-order chi connectivity index (χ0) is 14.8. The van der Waals surface area contributed by atoms with E-state index in [0.29, 0.717) is 28.0 Å². The average molecular weight is 392 g/mol. The highest BCUT2D eigenvalue weighted by atomic mass is 79.9. The van der Waals surface area contributed by atoms with Crippen LogP contribution in [0.1, 0.15) is 38.5 Å². The Balaban J connectivity index is 1.76. The molecule has 5 heteroatoms. The zero-order valence-corrected chi connectivity index (χ0v) is 15.1. The molecule has 3 rings (SSSR count). The van der Waals surface area contributed by atoms with Crippen LogP contribution in [0.3, 0.4) is 0 Å². The van der Waals surface area contributed by atoms with E-state index in [1.807, 2.05) is 12.1 Å². The number of nitrogens with one attached hydrogen (secondary N) is 2. The Kier molecular flexibility index (Phi) is 5.36. The third kappa shape index (κ3) is 3.52. The third-order valence-electron chi connectivity index (χ3n) is 4.81. The lowest BCUT2D eigenvalue weighted by Gasteiger charge is -2.37. The molecule has 2 fully saturated rings. The maximum atomic E-state index is 6.39. The quantitative estimate of drug-likeness (QED) is 0.666. The molecule has 2 N–H and O–H groups in total. The molecule has 0 aromatic heterocycles. The molecule has 0 radical (unpaired) electrons. The normalized spacial score (nSPS) is 29.6. The van der Waals surface area contributed by atoms with Gasteiger partial charge in [-0.1, -0.05) is 36.0 Å². The number of hydrogen-bond donors (Lipinski definition) is 2. The standard InChI is InChI=1S/C16H21BrCl2N2/c17-11-7-8-14(16(19)15(11)18)21-13-5-2-1-4-10(13)12-6-3-9-20-12/h7-8,10,12-13,20-21H,1-6,9H2. The maximum absolute atomic E-state index is 6.39. The Hall–Kier alpha value is 0.0400. The maximum Gasteiger partial charge on any atom is 0.0835 e. The number of benzene rings is 1. The number of anilines is 1. The molecule has 3 unspecified atom stereocenters. The fourth-order valence-electron chi connectivity index (χ4n) is 3.73. The van der Waals surface area contributed by atoms with Gasteiger partial charge in [-0.3, -0.25) is 0 Å². The number of halogens is 3. The summed E-state index contributed by atoms with van der Waals surface area (Å²) >= 11 is 16.0. The van der Waals surface area contributed by atoms with Gasteiger partial charge in [-0.25, -0.2) is 0 Å². The van der Waals surface area contributed by atoms with Gasteiger partial charge in [0.2, 0.25) is 0 Å². The van der Waals surface area contributed by atoms with Gasteiger partial charge in [0.15, 0.2) is 0 Å². The van der Waals surface area contributed by atoms with Gasteiger partial charge in [-0.2, -0.15) is 0 Å². The molecule has 116 valence electrons. The van der Waals surface area contributed by atoms with Crippen LogP contribution in [0.4, 0.5) is 5.69 Å². The minimum Gasteiger partial charge on any atom is -0.381 e. The topological polar surface area (TPSA) is 24.1 Å². The SMILES string of the molecule is Clc1c(Br)ccc(NC2CCCCC2C2CCCN2)c1Cl. The van der Waals surface area contributed by atoms with E-state index in [4.69, 9.17) is 23.2 Å². The van der Waals surface area contributed by atoms with Crippen LogP contribution < -0.4 is 10.6 Å². The molecular weight excluding hydrogens is 371 g/mol. The Morgan fingerprint density at radius 1 is 1.05 bits per heavy atom. The van der Waals surface area contributed by atoms with Gasteiger partial charge in [0.25, 0.3) is 0 Å². The van der Waals surface area contributed by atoms with Crippen LogP contribution in [0, 0.1) is 5.92 Å². The molecule has 0 amide bonds. The fourth-order valence-corrected chi connectivity index (χ4v) is 4.56. The van der Waals surface area contributed by atoms with Gasteiger partial charge in [0.05, 0.1) is 15.7 Å². The Labute approximate surface area is 145 Å². The summed E-state index contributed by atoms with van der Waals surface area (Å²) in [7, 11) is 0. The van der Waals surface area contributed by atoms with E-state index in [1.165, 1.54) is 45.1 Å². The van der Waals surface area contributed by atoms with Crippen molar-refractivity contribution >= 4 is 44.8 Å². The highest BCUT2D eigenvalue weighted by Crippen LogP contribution is 2.38. The summed E-state index contributed by atoms with van der Waals surface area (Å²) in [6, 6.07) is 5.13. The van der Waals surface area contributed by atoms with Crippen LogP contribution in [-0.4, -0.2) is 18.6 Å². The lowest BCUT2D eigenvalue weighted by Crippen LogP contribution is -2.43. The van der Waals surface area contributed by atoms with Gasteiger partial charge in [0, 0.05) is 16.6 Å². The smallest absolute Gasteiger partial charge is 0.0835 e. The monoisotopic (exact) mass is 390 g/mol. The lowest BCUT2D eigenvalue weighted by molar-refractivity contribution is 0.263. The van der Waals surface area contributed by atoms with Crippen molar-refractivity contribution in [2.24, 2.45) is 5.92 Å². The molecule has 1 aliphatic carbocycles. The Bertz CT molecular complexity index is 503. The third-order valence-corrected chi connectivity index (χ3v) is 6.58. The second-order valence-corrected chi connectivity index (χ2v) is 7.74. The van der Waals surface area contributed by atoms with E-state index in [2.05, 4.69) is 26.6 Å². The van der Waals surface area contributed by atoms with Crippen LogP contribution in [-0.2, 0) is 0 Å². The second-order valence-electron chi connectivity index (χ2n) is 6.12. The molecule has 1 saturated carbocycles. The summed E-state index contributed by atoms with van der Waals surface area (Å²) in [4.78, 5) is 0. The van der Waals surface area contributed by atoms with Crippen LogP contribution in [0.25, 0.3) is 0 Å². The first-order chi connectivity index (χ1) is 10.2. The van der Waals surface area contributed by atoms with E-state index in [-0.39, 0.29) is 0 Å². The first-order valence-corrected chi connectivity index (χ1v) is 9.35. The van der Waals surface area contributed by atoms with Gasteiger partial charge >= 0.3 is 0 Å². The molecular formula is C16H21BrCl2N2. The highest BCUT2D eigenvalue weighted by molar-refractivity contribution is 9.10. The van der Waals surface area contributed by atoms with Crippen molar-refractivity contribution in [2.45, 2.75) is 50.6 Å². The van der Waals surface area contributed by atoms with Crippen LogP contribution >= 0.6 is 39.1 Å². The van der Waals surface area contributed by atoms with Gasteiger partial charge in [-0.15, -0.1) is 0 Å². The molecule has 2 aliphatic rings. The summed E-state index contributed by atoms with van der Waals surface area (Å²) in [5.74, 6) is 0.694. The van der Waals surface area contributed by atoms with E-state index >= 15 is 0 Å². The highest BCUT2D eigenvalue weighted by Gasteiger charge is 2.33. The van der Waals surface area contributed by atoms with Crippen molar-refractivity contribution in [1.29, 1.82) is 0 Å². The molecule has 3 atom stereocenters. The van der Waals surface area contributed by atoms with Crippen molar-refractivity contribution in [1.82, 2.24) is 5.32 Å². The van der Waals surface area contributed by atoms with E-state index < -0.39 is 0 Å². The lowest BCUT2D eigenvalue weighted by atomic mass is 9.79. The van der Waals surface area contributed by atoms with Crippen molar-refractivity contribution in [2.75, 3.05) is 11.9 Å². The molecule has 0 bridgehead atoms. The molecule has 1 aromatic rings. The minimum atomic E-state index is 0.490. The molecule has 1 heterocycles. The molecule has 21 heavy (non-hydrogen) atoms. The summed E-state index contributed by atoms with van der Waals surface area (Å²) in [6.07, 6.45) is 7.76. The van der Waals surface area contributed by atoms with Crippen LogP contribution in [0.2, 0.25) is 10.0 Å². The van der Waals surface area contributed by atoms with E-state index in [9.17, 15) is 0 Å². The molecule has 1 aliphatic heterocycles. The minimum absolute atomic E-state index is 0.490. The second kappa shape index (κ2) is 7.08. The van der Waals surface area contributed by atoms with Crippen molar-refractivity contribution in [3.05, 3.63) is 26.7 Å². The Morgan fingerprint density at radius 3 is 2.62 bits per heavy atom. The predicted octanol–water partition coefficient (Wildman–Crippen LogP) is 5.48. The Morgan fingerprint density at radius 2 is 1.86 bits per heavy atom. The average Bonchev–Trinajstić information content (AvgIpc) is 3.02. The van der Waals surface area contributed by atoms with Crippen LogP contribution in [0.5, 0.6) is 0 Å². The molecule has 2 nitrogen and oxygen atoms in total. The fraction of sp³-hybridized carbons (Fsp3) is 0.625. The van der Waals surface area contributed by atoms with Crippen molar-refractivity contribution in [3.63, 3.8) is 0 Å². The van der Waals surface area contributed by atoms with Gasteiger partial charge in [0.1, 0.15) is 0 Å². The molecule has 0 spiro atoms. The summed E-state index contributed by atoms with van der Waals surface area (Å²) in [6.45, 7) is 1.17. The zero-order valence-electron chi connectivity index (χ0n) is 12.0. The molecule has 1 saturated heterocycles. The van der Waals surface area contributed by atoms with E-state index in [1.54, 1.807) is 0 Å². The summed E-state index contributed by atoms with van der Waals surface area (Å²) < 4.78 is 0.845.